The molecule has 1 aliphatic carbocycles. The Balaban J connectivity index is 1.24. The molecule has 9 heteroatoms. The predicted molar refractivity (Wildman–Crippen MR) is 131 cm³/mol. The van der Waals surface area contributed by atoms with E-state index in [-0.39, 0.29) is 29.7 Å². The molecule has 1 aliphatic heterocycles. The zero-order valence-corrected chi connectivity index (χ0v) is 19.5. The lowest BCUT2D eigenvalue weighted by molar-refractivity contribution is -0.130. The van der Waals surface area contributed by atoms with E-state index in [0.717, 1.165) is 23.7 Å². The van der Waals surface area contributed by atoms with Gasteiger partial charge in [0.2, 0.25) is 0 Å². The highest BCUT2D eigenvalue weighted by Gasteiger charge is 2.35. The van der Waals surface area contributed by atoms with Gasteiger partial charge in [-0.15, -0.1) is 0 Å². The number of fused-ring (bicyclic) bond motifs is 1. The number of amides is 2. The minimum atomic E-state index is -0.345. The summed E-state index contributed by atoms with van der Waals surface area (Å²) in [5.41, 5.74) is 1.99. The summed E-state index contributed by atoms with van der Waals surface area (Å²) in [7, 11) is 0. The fraction of sp³-hybridized carbons (Fsp3) is 0.231. The van der Waals surface area contributed by atoms with E-state index < -0.39 is 0 Å². The summed E-state index contributed by atoms with van der Waals surface area (Å²) < 4.78 is 11.1. The first-order valence-electron chi connectivity index (χ1n) is 11.5. The average Bonchev–Trinajstić information content (AvgIpc) is 3.32. The number of nitrogens with one attached hydrogen (secondary N) is 1. The normalized spacial score (nSPS) is 17.5. The van der Waals surface area contributed by atoms with E-state index in [0.29, 0.717) is 34.2 Å². The summed E-state index contributed by atoms with van der Waals surface area (Å²) in [6.07, 6.45) is 5.69. The fourth-order valence-corrected chi connectivity index (χ4v) is 4.91. The Kier molecular flexibility index (Phi) is 5.61. The maximum absolute atomic E-state index is 13.3. The van der Waals surface area contributed by atoms with E-state index in [4.69, 9.17) is 8.83 Å². The number of benzene rings is 1. The summed E-state index contributed by atoms with van der Waals surface area (Å²) >= 11 is 1.29. The number of aromatic nitrogens is 1. The molecular weight excluding hydrogens is 464 g/mol. The first kappa shape index (κ1) is 21.7. The Labute approximate surface area is 205 Å². The average molecular weight is 487 g/mol. The number of furan rings is 2. The van der Waals surface area contributed by atoms with Crippen molar-refractivity contribution >= 4 is 40.2 Å². The Hall–Kier alpha value is -3.85. The van der Waals surface area contributed by atoms with Crippen LogP contribution in [0, 0.1) is 0 Å². The fourth-order valence-electron chi connectivity index (χ4n) is 4.14. The first-order chi connectivity index (χ1) is 17.2. The minimum absolute atomic E-state index is 0.107. The number of carbonyl (C=O) groups is 2. The van der Waals surface area contributed by atoms with Crippen LogP contribution in [-0.2, 0) is 4.79 Å². The van der Waals surface area contributed by atoms with E-state index in [1.807, 2.05) is 36.4 Å². The van der Waals surface area contributed by atoms with Gasteiger partial charge in [-0.05, 0) is 49.2 Å². The lowest BCUT2D eigenvalue weighted by Crippen LogP contribution is -2.28. The molecule has 176 valence electrons. The molecule has 1 unspecified atom stereocenters. The molecule has 4 heterocycles. The van der Waals surface area contributed by atoms with Gasteiger partial charge in [0.1, 0.15) is 23.3 Å². The number of hydrogen-bond acceptors (Lipinski definition) is 7. The lowest BCUT2D eigenvalue weighted by Gasteiger charge is -2.19. The monoisotopic (exact) mass is 486 g/mol. The standard InChI is InChI=1S/C26H22N4O4S/c31-25(30-21(23-8-4-12-34-23)14-20(29-30)22-7-3-11-33-22)15-35-24-13-18(26(32)27-16-9-10-16)17-5-1-2-6-19(17)28-24/h1-8,11-13,16,21H,9-10,14-15H2,(H,27,32). The molecule has 1 saturated carbocycles. The van der Waals surface area contributed by atoms with Crippen molar-refractivity contribution in [2.75, 3.05) is 5.75 Å². The van der Waals surface area contributed by atoms with Crippen LogP contribution in [0.3, 0.4) is 0 Å². The second-order valence-electron chi connectivity index (χ2n) is 8.56. The van der Waals surface area contributed by atoms with Crippen LogP contribution in [0.2, 0.25) is 0 Å². The predicted octanol–water partition coefficient (Wildman–Crippen LogP) is 4.78. The number of rotatable bonds is 7. The molecule has 2 aliphatic rings. The van der Waals surface area contributed by atoms with Crippen LogP contribution >= 0.6 is 11.8 Å². The summed E-state index contributed by atoms with van der Waals surface area (Å²) in [4.78, 5) is 30.8. The van der Waals surface area contributed by atoms with Crippen LogP contribution in [-0.4, -0.2) is 39.3 Å². The van der Waals surface area contributed by atoms with Crippen molar-refractivity contribution in [1.82, 2.24) is 15.3 Å². The minimum Gasteiger partial charge on any atom is -0.467 e. The molecule has 0 saturated heterocycles. The van der Waals surface area contributed by atoms with Gasteiger partial charge in [0.15, 0.2) is 0 Å². The zero-order chi connectivity index (χ0) is 23.8. The number of para-hydroxylation sites is 1. The third-order valence-corrected chi connectivity index (χ3v) is 6.93. The van der Waals surface area contributed by atoms with Crippen LogP contribution in [0.25, 0.3) is 10.9 Å². The Bertz CT molecular complexity index is 1410. The van der Waals surface area contributed by atoms with Crippen LogP contribution in [0.5, 0.6) is 0 Å². The van der Waals surface area contributed by atoms with E-state index in [1.165, 1.54) is 16.8 Å². The van der Waals surface area contributed by atoms with Crippen molar-refractivity contribution in [2.24, 2.45) is 5.10 Å². The highest BCUT2D eigenvalue weighted by molar-refractivity contribution is 7.99. The van der Waals surface area contributed by atoms with E-state index in [1.54, 1.807) is 30.7 Å². The van der Waals surface area contributed by atoms with Crippen LogP contribution < -0.4 is 5.32 Å². The Morgan fingerprint density at radius 3 is 2.66 bits per heavy atom. The lowest BCUT2D eigenvalue weighted by atomic mass is 10.1. The molecule has 2 amide bonds. The third kappa shape index (κ3) is 4.46. The molecule has 0 spiro atoms. The van der Waals surface area contributed by atoms with E-state index in [9.17, 15) is 9.59 Å². The van der Waals surface area contributed by atoms with E-state index >= 15 is 0 Å². The Morgan fingerprint density at radius 2 is 1.89 bits per heavy atom. The van der Waals surface area contributed by atoms with Gasteiger partial charge < -0.3 is 14.2 Å². The topological polar surface area (TPSA) is 101 Å². The number of hydrogen-bond donors (Lipinski definition) is 1. The molecule has 0 bridgehead atoms. The molecule has 3 aromatic heterocycles. The van der Waals surface area contributed by atoms with Crippen molar-refractivity contribution in [3.05, 3.63) is 84.2 Å². The first-order valence-corrected chi connectivity index (χ1v) is 12.4. The third-order valence-electron chi connectivity index (χ3n) is 6.04. The van der Waals surface area contributed by atoms with Gasteiger partial charge >= 0.3 is 0 Å². The molecule has 1 aromatic carbocycles. The number of thioether (sulfide) groups is 1. The summed E-state index contributed by atoms with van der Waals surface area (Å²) in [6.45, 7) is 0. The van der Waals surface area contributed by atoms with Gasteiger partial charge in [-0.3, -0.25) is 9.59 Å². The molecule has 4 aromatic rings. The molecule has 8 nitrogen and oxygen atoms in total. The van der Waals surface area contributed by atoms with Gasteiger partial charge in [-0.25, -0.2) is 9.99 Å². The SMILES string of the molecule is O=C(NC1CC1)c1cc(SCC(=O)N2N=C(c3ccco3)CC2c2ccco2)nc2ccccc12. The molecule has 1 atom stereocenters. The number of hydrazone groups is 1. The number of pyridine rings is 1. The van der Waals surface area contributed by atoms with Crippen molar-refractivity contribution in [3.63, 3.8) is 0 Å². The zero-order valence-electron chi connectivity index (χ0n) is 18.7. The number of nitrogens with zero attached hydrogens (tertiary/aromatic N) is 3. The van der Waals surface area contributed by atoms with Crippen molar-refractivity contribution in [3.8, 4) is 0 Å². The molecule has 1 fully saturated rings. The summed E-state index contributed by atoms with van der Waals surface area (Å²) in [5.74, 6) is 1.12. The summed E-state index contributed by atoms with van der Waals surface area (Å²) in [6, 6.07) is 16.5. The smallest absolute Gasteiger partial charge is 0.253 e. The van der Waals surface area contributed by atoms with Crippen molar-refractivity contribution < 1.29 is 18.4 Å². The van der Waals surface area contributed by atoms with Crippen LogP contribution in [0.1, 0.15) is 47.2 Å². The van der Waals surface area contributed by atoms with Gasteiger partial charge in [-0.1, -0.05) is 30.0 Å². The number of carbonyl (C=O) groups excluding carboxylic acids is 2. The molecule has 0 radical (unpaired) electrons. The highest BCUT2D eigenvalue weighted by atomic mass is 32.2. The quantitative estimate of drug-likeness (QED) is 0.377. The molecular formula is C26H22N4O4S. The van der Waals surface area contributed by atoms with Crippen LogP contribution in [0.15, 0.2) is 86.1 Å². The van der Waals surface area contributed by atoms with Crippen molar-refractivity contribution in [2.45, 2.75) is 36.4 Å². The highest BCUT2D eigenvalue weighted by Crippen LogP contribution is 2.34. The molecule has 6 rings (SSSR count). The maximum atomic E-state index is 13.3. The maximum Gasteiger partial charge on any atom is 0.253 e. The summed E-state index contributed by atoms with van der Waals surface area (Å²) in [5, 5.41) is 10.5. The second-order valence-corrected chi connectivity index (χ2v) is 9.55. The largest absolute Gasteiger partial charge is 0.467 e. The van der Waals surface area contributed by atoms with Gasteiger partial charge in [0.25, 0.3) is 11.8 Å². The molecule has 35 heavy (non-hydrogen) atoms. The van der Waals surface area contributed by atoms with E-state index in [2.05, 4.69) is 15.4 Å². The van der Waals surface area contributed by atoms with Gasteiger partial charge in [0, 0.05) is 17.8 Å². The van der Waals surface area contributed by atoms with Crippen LogP contribution in [0.4, 0.5) is 0 Å². The molecule has 1 N–H and O–H groups in total. The second kappa shape index (κ2) is 9.07. The van der Waals surface area contributed by atoms with Crippen molar-refractivity contribution in [1.29, 1.82) is 0 Å². The Morgan fingerprint density at radius 1 is 1.06 bits per heavy atom. The van der Waals surface area contributed by atoms with Gasteiger partial charge in [-0.2, -0.15) is 5.10 Å². The van der Waals surface area contributed by atoms with Gasteiger partial charge in [0.05, 0.1) is 34.4 Å².